The highest BCUT2D eigenvalue weighted by atomic mass is 17.2. The van der Waals surface area contributed by atoms with Gasteiger partial charge in [0.2, 0.25) is 0 Å². The Labute approximate surface area is 138 Å². The summed E-state index contributed by atoms with van der Waals surface area (Å²) in [5.74, 6) is 0. The van der Waals surface area contributed by atoms with Crippen LogP contribution in [0.3, 0.4) is 0 Å². The fraction of sp³-hybridized carbons (Fsp3) is 1.00. The zero-order valence-electron chi connectivity index (χ0n) is 17.0. The molecule has 136 valence electrons. The van der Waals surface area contributed by atoms with Crippen molar-refractivity contribution in [2.45, 2.75) is 118 Å². The van der Waals surface area contributed by atoms with E-state index in [1.807, 2.05) is 69.2 Å². The topological polar surface area (TPSA) is 36.9 Å². The molecule has 0 radical (unpaired) electrons. The Hall–Kier alpha value is -0.160. The molecule has 0 aromatic rings. The van der Waals surface area contributed by atoms with Crippen molar-refractivity contribution in [2.75, 3.05) is 0 Å². The van der Waals surface area contributed by atoms with E-state index in [2.05, 4.69) is 13.8 Å². The van der Waals surface area contributed by atoms with Crippen molar-refractivity contribution in [3.8, 4) is 0 Å². The summed E-state index contributed by atoms with van der Waals surface area (Å²) < 4.78 is 0. The molecule has 0 atom stereocenters. The van der Waals surface area contributed by atoms with Gasteiger partial charge in [-0.05, 0) is 82.1 Å². The molecule has 0 aliphatic carbocycles. The van der Waals surface area contributed by atoms with Gasteiger partial charge in [0, 0.05) is 0 Å². The fourth-order valence-electron chi connectivity index (χ4n) is 0.593. The van der Waals surface area contributed by atoms with Crippen LogP contribution < -0.4 is 0 Å². The van der Waals surface area contributed by atoms with Crippen LogP contribution in [0, 0.1) is 0 Å². The molecule has 4 nitrogen and oxygen atoms in total. The number of hydrogen-bond donors (Lipinski definition) is 0. The molecule has 4 heteroatoms. The second-order valence-corrected chi connectivity index (χ2v) is 8.78. The van der Waals surface area contributed by atoms with Crippen LogP contribution >= 0.6 is 0 Å². The molecule has 0 aromatic carbocycles. The molecule has 22 heavy (non-hydrogen) atoms. The van der Waals surface area contributed by atoms with Crippen LogP contribution in [0.1, 0.15) is 95.9 Å². The highest BCUT2D eigenvalue weighted by molar-refractivity contribution is 4.66. The standard InChI is InChI=1S/C10H22O2.C8H18O2/c1-7-9(3,4)11-12-10(5,6)8-2;1-7(2,3)9-10-8(4,5)6/h7-8H2,1-6H3;1-6H3. The summed E-state index contributed by atoms with van der Waals surface area (Å²) in [6.45, 7) is 24.0. The van der Waals surface area contributed by atoms with Crippen molar-refractivity contribution >= 4 is 0 Å². The molecule has 0 unspecified atom stereocenters. The largest absolute Gasteiger partial charge is 0.230 e. The maximum absolute atomic E-state index is 5.33. The zero-order valence-corrected chi connectivity index (χ0v) is 17.0. The van der Waals surface area contributed by atoms with Crippen LogP contribution in [0.5, 0.6) is 0 Å². The van der Waals surface area contributed by atoms with E-state index < -0.39 is 0 Å². The zero-order chi connectivity index (χ0) is 18.2. The number of hydrogen-bond acceptors (Lipinski definition) is 4. The highest BCUT2D eigenvalue weighted by Crippen LogP contribution is 2.21. The number of rotatable bonds is 6. The summed E-state index contributed by atoms with van der Waals surface area (Å²) in [6, 6.07) is 0. The van der Waals surface area contributed by atoms with E-state index in [4.69, 9.17) is 19.6 Å². The molecule has 0 aromatic heterocycles. The van der Waals surface area contributed by atoms with E-state index in [0.29, 0.717) is 0 Å². The van der Waals surface area contributed by atoms with E-state index in [-0.39, 0.29) is 22.4 Å². The molecular formula is C18H40O4. The SMILES string of the molecule is CC(C)(C)OOC(C)(C)C.CCC(C)(C)OOC(C)(C)CC. The van der Waals surface area contributed by atoms with Crippen LogP contribution in [0.4, 0.5) is 0 Å². The molecule has 0 bridgehead atoms. The minimum Gasteiger partial charge on any atom is -0.230 e. The van der Waals surface area contributed by atoms with Crippen molar-refractivity contribution in [1.82, 2.24) is 0 Å². The minimum absolute atomic E-state index is 0.174. The first-order chi connectivity index (χ1) is 9.54. The second-order valence-electron chi connectivity index (χ2n) is 8.78. The first kappa shape index (κ1) is 24.1. The van der Waals surface area contributed by atoms with Crippen LogP contribution in [-0.4, -0.2) is 22.4 Å². The molecule has 0 aliphatic heterocycles. The Morgan fingerprint density at radius 2 is 0.682 bits per heavy atom. The normalized spacial score (nSPS) is 13.6. The highest BCUT2D eigenvalue weighted by Gasteiger charge is 2.23. The first-order valence-electron chi connectivity index (χ1n) is 8.27. The summed E-state index contributed by atoms with van der Waals surface area (Å²) >= 11 is 0. The van der Waals surface area contributed by atoms with Crippen LogP contribution in [0.2, 0.25) is 0 Å². The maximum Gasteiger partial charge on any atom is 0.0977 e. The van der Waals surface area contributed by atoms with Gasteiger partial charge in [-0.2, -0.15) is 0 Å². The summed E-state index contributed by atoms with van der Waals surface area (Å²) in [6.07, 6.45) is 1.90. The van der Waals surface area contributed by atoms with E-state index in [9.17, 15) is 0 Å². The second kappa shape index (κ2) is 9.21. The molecule has 0 aliphatic rings. The van der Waals surface area contributed by atoms with E-state index in [0.717, 1.165) is 12.8 Å². The predicted molar refractivity (Wildman–Crippen MR) is 92.6 cm³/mol. The van der Waals surface area contributed by atoms with E-state index in [1.54, 1.807) is 0 Å². The van der Waals surface area contributed by atoms with Gasteiger partial charge in [0.25, 0.3) is 0 Å². The summed E-state index contributed by atoms with van der Waals surface area (Å²) in [7, 11) is 0. The molecule has 0 rings (SSSR count). The Morgan fingerprint density at radius 1 is 0.455 bits per heavy atom. The van der Waals surface area contributed by atoms with E-state index >= 15 is 0 Å². The molecule has 0 amide bonds. The van der Waals surface area contributed by atoms with Crippen molar-refractivity contribution in [3.63, 3.8) is 0 Å². The molecular weight excluding hydrogens is 280 g/mol. The van der Waals surface area contributed by atoms with Gasteiger partial charge in [-0.3, -0.25) is 0 Å². The third kappa shape index (κ3) is 17.9. The third-order valence-electron chi connectivity index (χ3n) is 2.74. The van der Waals surface area contributed by atoms with Gasteiger partial charge in [-0.25, -0.2) is 19.6 Å². The van der Waals surface area contributed by atoms with Gasteiger partial charge < -0.3 is 0 Å². The lowest BCUT2D eigenvalue weighted by Gasteiger charge is -2.29. The molecule has 0 saturated heterocycles. The van der Waals surface area contributed by atoms with Gasteiger partial charge in [0.15, 0.2) is 0 Å². The lowest BCUT2D eigenvalue weighted by Crippen LogP contribution is -2.31. The van der Waals surface area contributed by atoms with Crippen molar-refractivity contribution in [1.29, 1.82) is 0 Å². The molecule has 0 saturated carbocycles. The van der Waals surface area contributed by atoms with Crippen molar-refractivity contribution < 1.29 is 19.6 Å². The molecule has 0 fully saturated rings. The Kier molecular flexibility index (Phi) is 10.1. The van der Waals surface area contributed by atoms with Gasteiger partial charge >= 0.3 is 0 Å². The van der Waals surface area contributed by atoms with Gasteiger partial charge in [0.1, 0.15) is 0 Å². The Balaban J connectivity index is 0. The smallest absolute Gasteiger partial charge is 0.0977 e. The Morgan fingerprint density at radius 3 is 0.818 bits per heavy atom. The summed E-state index contributed by atoms with van der Waals surface area (Å²) in [5, 5.41) is 0. The van der Waals surface area contributed by atoms with Gasteiger partial charge in [-0.1, -0.05) is 13.8 Å². The molecule has 0 heterocycles. The average Bonchev–Trinajstić information content (AvgIpc) is 2.34. The fourth-order valence-corrected chi connectivity index (χ4v) is 0.593. The van der Waals surface area contributed by atoms with Crippen molar-refractivity contribution in [2.24, 2.45) is 0 Å². The van der Waals surface area contributed by atoms with Crippen molar-refractivity contribution in [3.05, 3.63) is 0 Å². The molecule has 0 spiro atoms. The van der Waals surface area contributed by atoms with Gasteiger partial charge in [0.05, 0.1) is 22.4 Å². The maximum atomic E-state index is 5.33. The minimum atomic E-state index is -0.215. The summed E-state index contributed by atoms with van der Waals surface area (Å²) in [5.41, 5.74) is -0.778. The Bertz CT molecular complexity index is 252. The lowest BCUT2D eigenvalue weighted by molar-refractivity contribution is -0.401. The predicted octanol–water partition coefficient (Wildman–Crippen LogP) is 5.84. The van der Waals surface area contributed by atoms with Crippen LogP contribution in [-0.2, 0) is 19.6 Å². The van der Waals surface area contributed by atoms with Gasteiger partial charge in [-0.15, -0.1) is 0 Å². The monoisotopic (exact) mass is 320 g/mol. The summed E-state index contributed by atoms with van der Waals surface area (Å²) in [4.78, 5) is 20.9. The third-order valence-corrected chi connectivity index (χ3v) is 2.74. The van der Waals surface area contributed by atoms with Crippen LogP contribution in [0.15, 0.2) is 0 Å². The first-order valence-corrected chi connectivity index (χ1v) is 8.27. The molecule has 0 N–H and O–H groups in total. The van der Waals surface area contributed by atoms with E-state index in [1.165, 1.54) is 0 Å². The quantitative estimate of drug-likeness (QED) is 0.455. The average molecular weight is 321 g/mol. The van der Waals surface area contributed by atoms with Crippen LogP contribution in [0.25, 0.3) is 0 Å². The lowest BCUT2D eigenvalue weighted by atomic mass is 10.1.